The van der Waals surface area contributed by atoms with Gasteiger partial charge < -0.3 is 10.6 Å². The lowest BCUT2D eigenvalue weighted by atomic mass is 9.50. The van der Waals surface area contributed by atoms with Crippen LogP contribution in [0.4, 0.5) is 0 Å². The van der Waals surface area contributed by atoms with Crippen LogP contribution >= 0.6 is 0 Å². The monoisotopic (exact) mass is 458 g/mol. The highest BCUT2D eigenvalue weighted by atomic mass is 14.9. The second-order valence-electron chi connectivity index (χ2n) is 12.7. The van der Waals surface area contributed by atoms with E-state index in [2.05, 4.69) is 92.7 Å². The van der Waals surface area contributed by atoms with Crippen LogP contribution in [0.2, 0.25) is 0 Å². The van der Waals surface area contributed by atoms with Gasteiger partial charge in [-0.2, -0.15) is 0 Å². The highest BCUT2D eigenvalue weighted by Crippen LogP contribution is 2.59. The van der Waals surface area contributed by atoms with E-state index in [1.165, 1.54) is 62.6 Å². The minimum Gasteiger partial charge on any atom is -0.388 e. The van der Waals surface area contributed by atoms with E-state index in [1.54, 1.807) is 0 Å². The molecule has 0 saturated heterocycles. The summed E-state index contributed by atoms with van der Waals surface area (Å²) in [5.41, 5.74) is 5.73. The lowest BCUT2D eigenvalue weighted by Gasteiger charge is -2.56. The molecule has 0 aromatic carbocycles. The van der Waals surface area contributed by atoms with E-state index in [0.29, 0.717) is 27.6 Å². The van der Waals surface area contributed by atoms with Crippen molar-refractivity contribution in [1.82, 2.24) is 10.6 Å². The lowest BCUT2D eigenvalue weighted by Crippen LogP contribution is -2.49. The van der Waals surface area contributed by atoms with Crippen LogP contribution in [0.15, 0.2) is 36.7 Å². The quantitative estimate of drug-likeness (QED) is 0.269. The van der Waals surface area contributed by atoms with Crippen LogP contribution in [0.3, 0.4) is 0 Å². The Morgan fingerprint density at radius 1 is 0.818 bits per heavy atom. The molecule has 0 atom stereocenters. The molecular formula is C31H58N2. The third kappa shape index (κ3) is 7.93. The fraction of sp³-hybridized carbons (Fsp3) is 0.806. The minimum absolute atomic E-state index is 0.421. The summed E-state index contributed by atoms with van der Waals surface area (Å²) < 4.78 is 0. The highest BCUT2D eigenvalue weighted by Gasteiger charge is 2.51. The van der Waals surface area contributed by atoms with E-state index in [0.717, 1.165) is 25.2 Å². The van der Waals surface area contributed by atoms with E-state index in [4.69, 9.17) is 0 Å². The molecule has 0 unspecified atom stereocenters. The molecule has 0 aromatic rings. The third-order valence-corrected chi connectivity index (χ3v) is 8.88. The first-order chi connectivity index (χ1) is 15.2. The van der Waals surface area contributed by atoms with Gasteiger partial charge in [0.2, 0.25) is 0 Å². The Hall–Kier alpha value is -1.18. The van der Waals surface area contributed by atoms with Crippen molar-refractivity contribution in [3.63, 3.8) is 0 Å². The Morgan fingerprint density at radius 2 is 1.33 bits per heavy atom. The molecule has 0 radical (unpaired) electrons. The Kier molecular flexibility index (Phi) is 10.8. The molecule has 0 bridgehead atoms. The molecule has 192 valence electrons. The molecule has 2 fully saturated rings. The molecule has 0 heterocycles. The van der Waals surface area contributed by atoms with Crippen LogP contribution in [-0.4, -0.2) is 13.1 Å². The van der Waals surface area contributed by atoms with Crippen LogP contribution in [0.1, 0.15) is 120 Å². The average Bonchev–Trinajstić information content (AvgIpc) is 2.72. The van der Waals surface area contributed by atoms with Crippen molar-refractivity contribution >= 4 is 0 Å². The van der Waals surface area contributed by atoms with Crippen LogP contribution in [0, 0.1) is 27.6 Å². The van der Waals surface area contributed by atoms with Crippen LogP contribution in [-0.2, 0) is 0 Å². The smallest absolute Gasteiger partial charge is 0.0198 e. The minimum atomic E-state index is 0.421. The van der Waals surface area contributed by atoms with Gasteiger partial charge in [0.05, 0.1) is 0 Å². The molecule has 0 aromatic heterocycles. The fourth-order valence-corrected chi connectivity index (χ4v) is 6.57. The molecule has 2 N–H and O–H groups in total. The summed E-state index contributed by atoms with van der Waals surface area (Å²) in [4.78, 5) is 0. The summed E-state index contributed by atoms with van der Waals surface area (Å²) in [6.45, 7) is 34.9. The van der Waals surface area contributed by atoms with Gasteiger partial charge in [-0.25, -0.2) is 0 Å². The summed E-state index contributed by atoms with van der Waals surface area (Å²) in [5.74, 6) is 0.547. The summed E-state index contributed by atoms with van der Waals surface area (Å²) in [6.07, 6.45) is 11.7. The van der Waals surface area contributed by atoms with Gasteiger partial charge in [0.1, 0.15) is 0 Å². The summed E-state index contributed by atoms with van der Waals surface area (Å²) in [7, 11) is 0. The van der Waals surface area contributed by atoms with Gasteiger partial charge in [0.25, 0.3) is 0 Å². The molecule has 0 amide bonds. The first-order valence-electron chi connectivity index (χ1n) is 13.7. The maximum atomic E-state index is 4.16. The van der Waals surface area contributed by atoms with Gasteiger partial charge >= 0.3 is 0 Å². The van der Waals surface area contributed by atoms with Crippen molar-refractivity contribution < 1.29 is 0 Å². The van der Waals surface area contributed by atoms with E-state index < -0.39 is 0 Å². The molecule has 0 spiro atoms. The molecular weight excluding hydrogens is 400 g/mol. The van der Waals surface area contributed by atoms with Crippen LogP contribution in [0.25, 0.3) is 0 Å². The largest absolute Gasteiger partial charge is 0.388 e. The number of hydrogen-bond donors (Lipinski definition) is 2. The molecule has 0 aliphatic heterocycles. The summed E-state index contributed by atoms with van der Waals surface area (Å²) >= 11 is 0. The molecule has 2 saturated carbocycles. The van der Waals surface area contributed by atoms with Gasteiger partial charge in [0.15, 0.2) is 0 Å². The standard InChI is InChI=1S/C16H31N.C15H27N/c1-7-9-16(8-2)10-15(6,11-16)12-17-14(5)13(3)4;1-7-13(5)16-11-14(6)9-15(8-2,10-14)12(3)4/h13,17H,5,7-12H2,1-4,6H3;16H,3,5,7-11H2,1-2,4,6H3. The maximum Gasteiger partial charge on any atom is 0.0198 e. The van der Waals surface area contributed by atoms with Crippen molar-refractivity contribution in [2.45, 2.75) is 120 Å². The second kappa shape index (κ2) is 12.0. The number of hydrogen-bond acceptors (Lipinski definition) is 2. The number of allylic oxidation sites excluding steroid dienone is 3. The summed E-state index contributed by atoms with van der Waals surface area (Å²) in [6, 6.07) is 0. The van der Waals surface area contributed by atoms with E-state index in [1.807, 2.05) is 0 Å². The fourth-order valence-electron chi connectivity index (χ4n) is 6.57. The first kappa shape index (κ1) is 29.9. The Morgan fingerprint density at radius 3 is 1.73 bits per heavy atom. The van der Waals surface area contributed by atoms with E-state index in [9.17, 15) is 0 Å². The third-order valence-electron chi connectivity index (χ3n) is 8.88. The zero-order chi connectivity index (χ0) is 25.5. The van der Waals surface area contributed by atoms with Crippen molar-refractivity contribution in [3.05, 3.63) is 36.7 Å². The van der Waals surface area contributed by atoms with Crippen molar-refractivity contribution in [2.24, 2.45) is 27.6 Å². The Balaban J connectivity index is 0.000000331. The van der Waals surface area contributed by atoms with Gasteiger partial charge in [-0.3, -0.25) is 0 Å². The first-order valence-corrected chi connectivity index (χ1v) is 13.7. The van der Waals surface area contributed by atoms with Crippen LogP contribution < -0.4 is 10.6 Å². The van der Waals surface area contributed by atoms with Gasteiger partial charge in [-0.1, -0.05) is 93.5 Å². The molecule has 2 aliphatic carbocycles. The second-order valence-corrected chi connectivity index (χ2v) is 12.7. The molecule has 2 heteroatoms. The summed E-state index contributed by atoms with van der Waals surface area (Å²) in [5, 5.41) is 6.99. The van der Waals surface area contributed by atoms with E-state index >= 15 is 0 Å². The van der Waals surface area contributed by atoms with Crippen LogP contribution in [0.5, 0.6) is 0 Å². The van der Waals surface area contributed by atoms with Gasteiger partial charge in [0, 0.05) is 24.5 Å². The zero-order valence-electron chi connectivity index (χ0n) is 24.0. The molecule has 2 aliphatic rings. The topological polar surface area (TPSA) is 24.1 Å². The predicted molar refractivity (Wildman–Crippen MR) is 149 cm³/mol. The average molecular weight is 459 g/mol. The zero-order valence-corrected chi connectivity index (χ0v) is 24.0. The van der Waals surface area contributed by atoms with Gasteiger partial charge in [-0.05, 0) is 79.4 Å². The normalized spacial score (nSPS) is 32.7. The SMILES string of the molecule is C=C(CC)NCC1(C)CC(CC)(C(=C)C)C1.C=C(NCC1(C)CC(CC)(CCC)C1)C(C)C. The van der Waals surface area contributed by atoms with Crippen molar-refractivity contribution in [3.8, 4) is 0 Å². The van der Waals surface area contributed by atoms with Crippen molar-refractivity contribution in [2.75, 3.05) is 13.1 Å². The molecule has 2 nitrogen and oxygen atoms in total. The molecule has 33 heavy (non-hydrogen) atoms. The molecule has 2 rings (SSSR count). The Bertz CT molecular complexity index is 656. The van der Waals surface area contributed by atoms with E-state index in [-0.39, 0.29) is 0 Å². The highest BCUT2D eigenvalue weighted by molar-refractivity contribution is 5.18. The lowest BCUT2D eigenvalue weighted by molar-refractivity contribution is -0.0352. The predicted octanol–water partition coefficient (Wildman–Crippen LogP) is 9.01. The van der Waals surface area contributed by atoms with Gasteiger partial charge in [-0.15, -0.1) is 0 Å². The maximum absolute atomic E-state index is 4.16. The van der Waals surface area contributed by atoms with Crippen molar-refractivity contribution in [1.29, 1.82) is 0 Å². The number of rotatable bonds is 13. The number of nitrogens with one attached hydrogen (secondary N) is 2. The Labute approximate surface area is 208 Å².